The van der Waals surface area contributed by atoms with Gasteiger partial charge in [-0.05, 0) is 0 Å². The molecule has 5 nitrogen and oxygen atoms in total. The Bertz CT molecular complexity index is 1380. The number of ether oxygens (including phenoxy) is 2. The fraction of sp³-hybridized carbons (Fsp3) is 0.487. The maximum atomic E-state index is 14.7. The predicted octanol–water partition coefficient (Wildman–Crippen LogP) is 10.00. The molecule has 1 saturated heterocycles. The first-order chi connectivity index (χ1) is 21.9. The number of rotatable bonds is 16. The van der Waals surface area contributed by atoms with Gasteiger partial charge in [-0.2, -0.15) is 0 Å². The number of Topliss-reactive ketones (excluding diaryl/α,β-unsaturated/α-hetero) is 1. The zero-order valence-corrected chi connectivity index (χ0v) is 30.5. The van der Waals surface area contributed by atoms with E-state index in [2.05, 4.69) is 62.1 Å². The zero-order chi connectivity index (χ0) is 31.9. The Hall–Kier alpha value is -2.64. The molecule has 0 N–H and O–H groups in total. The minimum absolute atomic E-state index is 0.117. The van der Waals surface area contributed by atoms with Crippen molar-refractivity contribution in [2.45, 2.75) is 114 Å². The van der Waals surface area contributed by atoms with E-state index in [9.17, 15) is 9.59 Å². The van der Waals surface area contributed by atoms with Gasteiger partial charge in [-0.3, -0.25) is 0 Å². The van der Waals surface area contributed by atoms with Crippen molar-refractivity contribution in [1.29, 1.82) is 0 Å². The number of nitrogens with zero attached hydrogens (tertiary/aromatic N) is 1. The van der Waals surface area contributed by atoms with Gasteiger partial charge in [0, 0.05) is 0 Å². The molecule has 1 saturated carbocycles. The normalized spacial score (nSPS) is 24.8. The van der Waals surface area contributed by atoms with Gasteiger partial charge in [0.15, 0.2) is 0 Å². The zero-order valence-electron chi connectivity index (χ0n) is 27.7. The van der Waals surface area contributed by atoms with Gasteiger partial charge in [-0.1, -0.05) is 0 Å². The molecule has 2 fully saturated rings. The Kier molecular flexibility index (Phi) is 11.1. The van der Waals surface area contributed by atoms with Gasteiger partial charge in [-0.25, -0.2) is 0 Å². The average Bonchev–Trinajstić information content (AvgIpc) is 3.43. The first-order valence-corrected chi connectivity index (χ1v) is 24.7. The molecule has 3 aromatic carbocycles. The van der Waals surface area contributed by atoms with Gasteiger partial charge >= 0.3 is 276 Å². The summed E-state index contributed by atoms with van der Waals surface area (Å²) in [6, 6.07) is 30.3. The quantitative estimate of drug-likeness (QED) is 0.139. The van der Waals surface area contributed by atoms with Crippen LogP contribution in [-0.2, 0) is 20.9 Å². The molecule has 5 rings (SSSR count). The molecule has 2 aliphatic rings. The summed E-state index contributed by atoms with van der Waals surface area (Å²) in [7, 11) is 0. The number of hydrogen-bond acceptors (Lipinski definition) is 4. The van der Waals surface area contributed by atoms with Crippen LogP contribution >= 0.6 is 0 Å². The molecule has 0 aromatic heterocycles. The van der Waals surface area contributed by atoms with E-state index in [1.165, 1.54) is 0 Å². The number of unbranched alkanes of at least 4 members (excludes halogenated alkanes) is 3. The molecule has 1 amide bonds. The standard InChI is InChI=1S/C27H24NO4.3C4H9.Sn/c1-27(31-18-19-11-5-2-6-12-19)22(17-23(27)29)28-24(20-13-7-3-8-14-20)25(32-26(28)30)21-15-9-4-10-16-21;3*1-3-4-2;/h2-16,24-25H,17-18H2,1H3;3*1,3-4H2,2H3;/t24-,25+,27?;;;;/m0..../s1. The maximum absolute atomic E-state index is 14.7. The average molecular weight is 717 g/mol. The van der Waals surface area contributed by atoms with Crippen LogP contribution in [0.25, 0.3) is 0 Å². The number of amides is 1. The van der Waals surface area contributed by atoms with Gasteiger partial charge in [0.25, 0.3) is 0 Å². The summed E-state index contributed by atoms with van der Waals surface area (Å²) in [5.74, 6) is 0.117. The van der Waals surface area contributed by atoms with Crippen LogP contribution in [0.4, 0.5) is 4.79 Å². The second-order valence-electron chi connectivity index (χ2n) is 13.3. The van der Waals surface area contributed by atoms with Crippen LogP contribution in [-0.4, -0.2) is 44.3 Å². The Labute approximate surface area is 274 Å². The van der Waals surface area contributed by atoms with Crippen LogP contribution in [0.5, 0.6) is 0 Å². The van der Waals surface area contributed by atoms with Crippen molar-refractivity contribution < 1.29 is 19.1 Å². The van der Waals surface area contributed by atoms with E-state index in [1.807, 2.05) is 61.5 Å². The SMILES string of the molecule is CCC[CH2][Sn]([CH2]CCC)([CH2]CCC)[C]1(N2C(=O)O[C@H](c3ccccc3)[C@@H]2c2ccccc2)CC(=O)C1(C)OCc1ccccc1. The van der Waals surface area contributed by atoms with Crippen LogP contribution in [0.15, 0.2) is 91.0 Å². The Balaban J connectivity index is 1.75. The fourth-order valence-electron chi connectivity index (χ4n) is 8.24. The van der Waals surface area contributed by atoms with Crippen molar-refractivity contribution in [2.75, 3.05) is 0 Å². The number of benzene rings is 3. The fourth-order valence-corrected chi connectivity index (χ4v) is 29.9. The molecule has 1 heterocycles. The van der Waals surface area contributed by atoms with Crippen molar-refractivity contribution in [3.05, 3.63) is 108 Å². The van der Waals surface area contributed by atoms with Crippen molar-refractivity contribution in [1.82, 2.24) is 4.90 Å². The molecule has 3 aromatic rings. The van der Waals surface area contributed by atoms with Gasteiger partial charge in [0.1, 0.15) is 0 Å². The van der Waals surface area contributed by atoms with Crippen LogP contribution < -0.4 is 0 Å². The summed E-state index contributed by atoms with van der Waals surface area (Å²) in [6.45, 7) is 9.17. The molecule has 1 aliphatic carbocycles. The molecule has 0 bridgehead atoms. The molecular weight excluding hydrogens is 665 g/mol. The molecular formula is C39H51NO4Sn. The minimum atomic E-state index is -3.57. The van der Waals surface area contributed by atoms with Crippen molar-refractivity contribution >= 4 is 30.3 Å². The molecule has 2 unspecified atom stereocenters. The van der Waals surface area contributed by atoms with E-state index in [4.69, 9.17) is 9.47 Å². The first kappa shape index (κ1) is 33.7. The van der Waals surface area contributed by atoms with Crippen LogP contribution in [0.3, 0.4) is 0 Å². The third kappa shape index (κ3) is 6.24. The van der Waals surface area contributed by atoms with Crippen molar-refractivity contribution in [2.24, 2.45) is 0 Å². The summed E-state index contributed by atoms with van der Waals surface area (Å²) in [5, 5.41) is 0. The van der Waals surface area contributed by atoms with E-state index in [1.54, 1.807) is 0 Å². The van der Waals surface area contributed by atoms with Gasteiger partial charge in [0.05, 0.1) is 0 Å². The molecule has 0 spiro atoms. The number of carbonyl (C=O) groups excluding carboxylic acids is 2. The molecule has 0 radical (unpaired) electrons. The van der Waals surface area contributed by atoms with E-state index >= 15 is 0 Å². The van der Waals surface area contributed by atoms with Crippen LogP contribution in [0.2, 0.25) is 13.3 Å². The van der Waals surface area contributed by atoms with Crippen molar-refractivity contribution in [3.63, 3.8) is 0 Å². The Morgan fingerprint density at radius 2 is 1.24 bits per heavy atom. The monoisotopic (exact) mass is 717 g/mol. The second-order valence-corrected chi connectivity index (χ2v) is 27.2. The van der Waals surface area contributed by atoms with E-state index in [0.717, 1.165) is 68.5 Å². The molecule has 45 heavy (non-hydrogen) atoms. The Morgan fingerprint density at radius 3 is 1.73 bits per heavy atom. The van der Waals surface area contributed by atoms with E-state index < -0.39 is 33.6 Å². The summed E-state index contributed by atoms with van der Waals surface area (Å²) < 4.78 is 16.2. The van der Waals surface area contributed by atoms with Crippen LogP contribution in [0, 0.1) is 0 Å². The number of hydrogen-bond donors (Lipinski definition) is 0. The third-order valence-electron chi connectivity index (χ3n) is 10.7. The Morgan fingerprint density at radius 1 is 0.756 bits per heavy atom. The molecule has 6 heteroatoms. The topological polar surface area (TPSA) is 55.8 Å². The summed E-state index contributed by atoms with van der Waals surface area (Å²) in [6.07, 6.45) is 6.25. The number of carbonyl (C=O) groups is 2. The van der Waals surface area contributed by atoms with Crippen molar-refractivity contribution in [3.8, 4) is 0 Å². The summed E-state index contributed by atoms with van der Waals surface area (Å²) in [4.78, 5) is 31.0. The number of ketones is 1. The number of cyclic esters (lactones) is 1. The molecule has 1 aliphatic heterocycles. The third-order valence-corrected chi connectivity index (χ3v) is 29.5. The predicted molar refractivity (Wildman–Crippen MR) is 184 cm³/mol. The summed E-state index contributed by atoms with van der Waals surface area (Å²) >= 11 is -3.57. The molecule has 240 valence electrons. The first-order valence-electron chi connectivity index (χ1n) is 17.2. The molecule has 4 atom stereocenters. The van der Waals surface area contributed by atoms with Gasteiger partial charge < -0.3 is 0 Å². The van der Waals surface area contributed by atoms with E-state index in [-0.39, 0.29) is 17.9 Å². The van der Waals surface area contributed by atoms with Crippen LogP contribution in [0.1, 0.15) is 101 Å². The summed E-state index contributed by atoms with van der Waals surface area (Å²) in [5.41, 5.74) is 1.95. The van der Waals surface area contributed by atoms with Gasteiger partial charge in [-0.15, -0.1) is 0 Å². The van der Waals surface area contributed by atoms with E-state index in [0.29, 0.717) is 13.0 Å². The second kappa shape index (κ2) is 14.8. The van der Waals surface area contributed by atoms with Gasteiger partial charge in [0.2, 0.25) is 0 Å².